The number of ether oxygens (including phenoxy) is 1. The molecule has 0 spiro atoms. The van der Waals surface area contributed by atoms with Gasteiger partial charge in [0, 0.05) is 3.57 Å². The highest BCUT2D eigenvalue weighted by atomic mass is 127. The van der Waals surface area contributed by atoms with Crippen molar-refractivity contribution >= 4 is 39.3 Å². The first-order valence-electron chi connectivity index (χ1n) is 6.56. The fourth-order valence-corrected chi connectivity index (χ4v) is 3.22. The van der Waals surface area contributed by atoms with Gasteiger partial charge in [-0.15, -0.1) is 0 Å². The maximum atomic E-state index is 12.8. The maximum absolute atomic E-state index is 12.8. The lowest BCUT2D eigenvalue weighted by molar-refractivity contribution is 0.103. The number of hydrogen-bond acceptors (Lipinski definition) is 4. The van der Waals surface area contributed by atoms with Crippen LogP contribution in [0.3, 0.4) is 0 Å². The first-order chi connectivity index (χ1) is 10.6. The van der Waals surface area contributed by atoms with Crippen molar-refractivity contribution in [3.05, 3.63) is 61.7 Å². The molecule has 0 saturated carbocycles. The van der Waals surface area contributed by atoms with Crippen molar-refractivity contribution in [3.63, 3.8) is 0 Å². The average molecular weight is 404 g/mol. The molecule has 0 bridgehead atoms. The standard InChI is InChI=1S/C16H9IN2O3/c1-22-12-4-2-3-9-13(12)18-15-14(20)10-7-8(17)5-6-11(10)19(15)16(9)21/h2-7H,1H3. The third kappa shape index (κ3) is 1.67. The van der Waals surface area contributed by atoms with Gasteiger partial charge in [0.25, 0.3) is 5.56 Å². The van der Waals surface area contributed by atoms with E-state index in [9.17, 15) is 9.59 Å². The SMILES string of the molecule is COc1cccc2c(=O)n3c(nc12)C(=O)c1cc(I)ccc1-3. The van der Waals surface area contributed by atoms with Crippen LogP contribution in [0.2, 0.25) is 0 Å². The van der Waals surface area contributed by atoms with Crippen LogP contribution in [0.1, 0.15) is 16.2 Å². The molecule has 2 heterocycles. The predicted octanol–water partition coefficient (Wildman–Crippen LogP) is 2.54. The second kappa shape index (κ2) is 4.64. The van der Waals surface area contributed by atoms with Crippen LogP contribution < -0.4 is 10.3 Å². The molecule has 0 aliphatic carbocycles. The molecule has 0 N–H and O–H groups in total. The van der Waals surface area contributed by atoms with E-state index in [-0.39, 0.29) is 17.2 Å². The minimum absolute atomic E-state index is 0.138. The van der Waals surface area contributed by atoms with E-state index in [1.54, 1.807) is 30.3 Å². The lowest BCUT2D eigenvalue weighted by Gasteiger charge is -2.08. The van der Waals surface area contributed by atoms with Gasteiger partial charge in [-0.3, -0.25) is 14.2 Å². The van der Waals surface area contributed by atoms with E-state index < -0.39 is 0 Å². The van der Waals surface area contributed by atoms with Gasteiger partial charge in [0.15, 0.2) is 5.82 Å². The number of para-hydroxylation sites is 1. The zero-order valence-corrected chi connectivity index (χ0v) is 13.6. The van der Waals surface area contributed by atoms with Crippen LogP contribution >= 0.6 is 22.6 Å². The van der Waals surface area contributed by atoms with Crippen LogP contribution in [0, 0.1) is 3.57 Å². The summed E-state index contributed by atoms with van der Waals surface area (Å²) >= 11 is 2.14. The van der Waals surface area contributed by atoms with Gasteiger partial charge in [0.2, 0.25) is 5.78 Å². The van der Waals surface area contributed by atoms with Crippen molar-refractivity contribution in [1.29, 1.82) is 0 Å². The lowest BCUT2D eigenvalue weighted by Crippen LogP contribution is -2.21. The van der Waals surface area contributed by atoms with Gasteiger partial charge in [0.1, 0.15) is 11.3 Å². The summed E-state index contributed by atoms with van der Waals surface area (Å²) < 4.78 is 7.57. The van der Waals surface area contributed by atoms with Crippen LogP contribution in [0.15, 0.2) is 41.2 Å². The molecule has 0 saturated heterocycles. The highest BCUT2D eigenvalue weighted by Gasteiger charge is 2.30. The Morgan fingerprint density at radius 3 is 2.77 bits per heavy atom. The van der Waals surface area contributed by atoms with Gasteiger partial charge in [0.05, 0.1) is 23.7 Å². The summed E-state index contributed by atoms with van der Waals surface area (Å²) in [5.74, 6) is 0.383. The number of aromatic nitrogens is 2. The van der Waals surface area contributed by atoms with E-state index in [0.29, 0.717) is 27.9 Å². The van der Waals surface area contributed by atoms with Crippen LogP contribution in [0.4, 0.5) is 0 Å². The van der Waals surface area contributed by atoms with E-state index in [2.05, 4.69) is 27.6 Å². The molecule has 0 fully saturated rings. The number of ketones is 1. The van der Waals surface area contributed by atoms with Crippen molar-refractivity contribution in [2.45, 2.75) is 0 Å². The Bertz CT molecular complexity index is 1020. The number of rotatable bonds is 1. The van der Waals surface area contributed by atoms with E-state index in [1.807, 2.05) is 6.07 Å². The maximum Gasteiger partial charge on any atom is 0.266 e. The van der Waals surface area contributed by atoms with Crippen LogP contribution in [0.25, 0.3) is 16.6 Å². The van der Waals surface area contributed by atoms with Crippen molar-refractivity contribution in [1.82, 2.24) is 9.55 Å². The molecule has 0 radical (unpaired) electrons. The molecule has 1 aliphatic rings. The topological polar surface area (TPSA) is 61.2 Å². The first-order valence-corrected chi connectivity index (χ1v) is 7.64. The van der Waals surface area contributed by atoms with Crippen molar-refractivity contribution in [3.8, 4) is 11.4 Å². The van der Waals surface area contributed by atoms with Crippen LogP contribution in [-0.4, -0.2) is 22.4 Å². The molecule has 1 aromatic heterocycles. The summed E-state index contributed by atoms with van der Waals surface area (Å²) in [6.07, 6.45) is 0. The number of methoxy groups -OCH3 is 1. The smallest absolute Gasteiger partial charge is 0.266 e. The highest BCUT2D eigenvalue weighted by Crippen LogP contribution is 2.29. The average Bonchev–Trinajstić information content (AvgIpc) is 2.80. The number of benzene rings is 2. The Morgan fingerprint density at radius 1 is 1.18 bits per heavy atom. The summed E-state index contributed by atoms with van der Waals surface area (Å²) in [5.41, 5.74) is 1.25. The molecule has 0 amide bonds. The molecule has 22 heavy (non-hydrogen) atoms. The minimum Gasteiger partial charge on any atom is -0.494 e. The van der Waals surface area contributed by atoms with Crippen molar-refractivity contribution in [2.75, 3.05) is 7.11 Å². The number of hydrogen-bond donors (Lipinski definition) is 0. The molecule has 6 heteroatoms. The highest BCUT2D eigenvalue weighted by molar-refractivity contribution is 14.1. The molecule has 108 valence electrons. The summed E-state index contributed by atoms with van der Waals surface area (Å²) in [7, 11) is 1.51. The minimum atomic E-state index is -0.257. The molecule has 0 atom stereocenters. The zero-order valence-electron chi connectivity index (χ0n) is 11.5. The van der Waals surface area contributed by atoms with E-state index in [0.717, 1.165) is 3.57 Å². The van der Waals surface area contributed by atoms with Gasteiger partial charge in [-0.2, -0.15) is 0 Å². The molecule has 2 aromatic carbocycles. The number of halogens is 1. The Balaban J connectivity index is 2.17. The molecule has 5 nitrogen and oxygen atoms in total. The second-order valence-electron chi connectivity index (χ2n) is 4.92. The van der Waals surface area contributed by atoms with Gasteiger partial charge in [-0.05, 0) is 52.9 Å². The van der Waals surface area contributed by atoms with Gasteiger partial charge < -0.3 is 4.74 Å². The fraction of sp³-hybridized carbons (Fsp3) is 0.0625. The summed E-state index contributed by atoms with van der Waals surface area (Å²) in [6.45, 7) is 0. The van der Waals surface area contributed by atoms with E-state index in [1.165, 1.54) is 11.7 Å². The van der Waals surface area contributed by atoms with Crippen LogP contribution in [0.5, 0.6) is 5.75 Å². The molecule has 4 rings (SSSR count). The third-order valence-electron chi connectivity index (χ3n) is 3.73. The number of fused-ring (bicyclic) bond motifs is 4. The lowest BCUT2D eigenvalue weighted by atomic mass is 10.1. The molecular weight excluding hydrogens is 395 g/mol. The fourth-order valence-electron chi connectivity index (χ4n) is 2.73. The largest absolute Gasteiger partial charge is 0.494 e. The zero-order chi connectivity index (χ0) is 15.4. The quantitative estimate of drug-likeness (QED) is 0.458. The van der Waals surface area contributed by atoms with E-state index >= 15 is 0 Å². The number of nitrogens with zero attached hydrogens (tertiary/aromatic N) is 2. The summed E-state index contributed by atoms with van der Waals surface area (Å²) in [6, 6.07) is 10.6. The Hall–Kier alpha value is -2.22. The third-order valence-corrected chi connectivity index (χ3v) is 4.40. The van der Waals surface area contributed by atoms with Gasteiger partial charge in [-0.25, -0.2) is 4.98 Å². The Morgan fingerprint density at radius 2 is 2.00 bits per heavy atom. The predicted molar refractivity (Wildman–Crippen MR) is 90.0 cm³/mol. The Kier molecular flexibility index (Phi) is 2.83. The molecule has 3 aromatic rings. The van der Waals surface area contributed by atoms with Crippen molar-refractivity contribution in [2.24, 2.45) is 0 Å². The molecule has 0 unspecified atom stereocenters. The normalized spacial score (nSPS) is 12.4. The Labute approximate surface area is 138 Å². The number of carbonyl (C=O) groups is 1. The number of carbonyl (C=O) groups excluding carboxylic acids is 1. The second-order valence-corrected chi connectivity index (χ2v) is 6.17. The van der Waals surface area contributed by atoms with E-state index in [4.69, 9.17) is 4.74 Å². The monoisotopic (exact) mass is 404 g/mol. The van der Waals surface area contributed by atoms with Crippen LogP contribution in [-0.2, 0) is 0 Å². The summed E-state index contributed by atoms with van der Waals surface area (Å²) in [5, 5.41) is 0.433. The van der Waals surface area contributed by atoms with Crippen molar-refractivity contribution < 1.29 is 9.53 Å². The molecule has 1 aliphatic heterocycles. The van der Waals surface area contributed by atoms with Gasteiger partial charge in [-0.1, -0.05) is 6.07 Å². The molecular formula is C16H9IN2O3. The first kappa shape index (κ1) is 13.4. The van der Waals surface area contributed by atoms with Gasteiger partial charge >= 0.3 is 0 Å². The summed E-state index contributed by atoms with van der Waals surface area (Å²) in [4.78, 5) is 29.8.